The van der Waals surface area contributed by atoms with Gasteiger partial charge >= 0.3 is 0 Å². The number of unbranched alkanes of at least 4 members (excludes halogenated alkanes) is 1. The first-order chi connectivity index (χ1) is 22.4. The molecule has 1 heterocycles. The average molecular weight is 614 g/mol. The number of nitrogens with zero attached hydrogens (tertiary/aromatic N) is 3. The fraction of sp³-hybridized carbons (Fsp3) is 0.310. The van der Waals surface area contributed by atoms with Crippen molar-refractivity contribution in [1.29, 1.82) is 0 Å². The van der Waals surface area contributed by atoms with E-state index in [1.54, 1.807) is 7.11 Å². The SMILES string of the molecule is C=CCC(C)C.CCCCn1c(-c2ccccc2)nc(-c2ccccc2)c1CN(Cc1ccccc1)Cc1ccc(OC)c(C)c1. The second-order valence-electron chi connectivity index (χ2n) is 12.3. The van der Waals surface area contributed by atoms with E-state index in [1.807, 2.05) is 6.08 Å². The molecule has 0 spiro atoms. The van der Waals surface area contributed by atoms with Gasteiger partial charge in [0.15, 0.2) is 0 Å². The van der Waals surface area contributed by atoms with Crippen molar-refractivity contribution >= 4 is 0 Å². The van der Waals surface area contributed by atoms with Gasteiger partial charge in [0.05, 0.1) is 18.5 Å². The van der Waals surface area contributed by atoms with Crippen LogP contribution in [0.25, 0.3) is 22.6 Å². The van der Waals surface area contributed by atoms with Gasteiger partial charge in [-0.15, -0.1) is 6.58 Å². The molecule has 0 saturated carbocycles. The summed E-state index contributed by atoms with van der Waals surface area (Å²) >= 11 is 0. The third-order valence-electron chi connectivity index (χ3n) is 8.01. The molecule has 0 fully saturated rings. The van der Waals surface area contributed by atoms with Gasteiger partial charge < -0.3 is 9.30 Å². The molecule has 0 unspecified atom stereocenters. The van der Waals surface area contributed by atoms with Gasteiger partial charge in [0.2, 0.25) is 0 Å². The summed E-state index contributed by atoms with van der Waals surface area (Å²) in [6, 6.07) is 38.5. The van der Waals surface area contributed by atoms with Crippen molar-refractivity contribution in [1.82, 2.24) is 14.5 Å². The second-order valence-corrected chi connectivity index (χ2v) is 12.3. The third-order valence-corrected chi connectivity index (χ3v) is 8.01. The summed E-state index contributed by atoms with van der Waals surface area (Å²) < 4.78 is 8.00. The standard InChI is InChI=1S/C36H39N3O.C6H12/c1-4-5-23-39-33(35(31-17-11-7-12-18-31)37-36(39)32-19-13-8-14-20-32)27-38(25-29-15-9-6-10-16-29)26-30-21-22-34(40-3)28(2)24-30;1-4-5-6(2)3/h6-22,24H,4-5,23,25-27H2,1-3H3;4,6H,1,5H2,2-3H3. The number of benzene rings is 4. The highest BCUT2D eigenvalue weighted by molar-refractivity contribution is 5.68. The second kappa shape index (κ2) is 17.9. The van der Waals surface area contributed by atoms with Crippen molar-refractivity contribution in [2.45, 2.75) is 73.1 Å². The molecule has 5 aromatic rings. The van der Waals surface area contributed by atoms with Gasteiger partial charge in [0.1, 0.15) is 11.6 Å². The van der Waals surface area contributed by atoms with E-state index < -0.39 is 0 Å². The number of aryl methyl sites for hydroxylation is 1. The quantitative estimate of drug-likeness (QED) is 0.117. The number of methoxy groups -OCH3 is 1. The lowest BCUT2D eigenvalue weighted by Gasteiger charge is -2.25. The Morgan fingerprint density at radius 2 is 1.41 bits per heavy atom. The van der Waals surface area contributed by atoms with E-state index in [0.29, 0.717) is 0 Å². The molecule has 0 aliphatic rings. The van der Waals surface area contributed by atoms with Crippen LogP contribution < -0.4 is 4.74 Å². The van der Waals surface area contributed by atoms with Gasteiger partial charge in [-0.25, -0.2) is 4.98 Å². The van der Waals surface area contributed by atoms with Crippen molar-refractivity contribution in [3.63, 3.8) is 0 Å². The Bertz CT molecular complexity index is 1610. The zero-order valence-electron chi connectivity index (χ0n) is 28.5. The minimum absolute atomic E-state index is 0.780. The van der Waals surface area contributed by atoms with E-state index in [1.165, 1.54) is 16.8 Å². The van der Waals surface area contributed by atoms with Crippen LogP contribution in [0.1, 0.15) is 62.4 Å². The molecule has 0 amide bonds. The molecule has 46 heavy (non-hydrogen) atoms. The van der Waals surface area contributed by atoms with E-state index in [9.17, 15) is 0 Å². The fourth-order valence-electron chi connectivity index (χ4n) is 5.69. The smallest absolute Gasteiger partial charge is 0.140 e. The first-order valence-corrected chi connectivity index (χ1v) is 16.6. The van der Waals surface area contributed by atoms with E-state index in [2.05, 4.69) is 153 Å². The predicted octanol–water partition coefficient (Wildman–Crippen LogP) is 10.8. The van der Waals surface area contributed by atoms with Gasteiger partial charge in [0.25, 0.3) is 0 Å². The molecule has 0 radical (unpaired) electrons. The topological polar surface area (TPSA) is 30.3 Å². The Hall–Kier alpha value is -4.41. The summed E-state index contributed by atoms with van der Waals surface area (Å²) in [5.74, 6) is 2.75. The van der Waals surface area contributed by atoms with Crippen molar-refractivity contribution in [3.8, 4) is 28.4 Å². The number of ether oxygens (including phenoxy) is 1. The average Bonchev–Trinajstić information content (AvgIpc) is 3.43. The summed E-state index contributed by atoms with van der Waals surface area (Å²) in [7, 11) is 1.73. The van der Waals surface area contributed by atoms with E-state index >= 15 is 0 Å². The predicted molar refractivity (Wildman–Crippen MR) is 195 cm³/mol. The molecule has 0 bridgehead atoms. The summed E-state index contributed by atoms with van der Waals surface area (Å²) in [6.45, 7) is 15.7. The third kappa shape index (κ3) is 9.79. The van der Waals surface area contributed by atoms with Crippen molar-refractivity contribution < 1.29 is 4.74 Å². The van der Waals surface area contributed by atoms with Gasteiger partial charge in [-0.1, -0.05) is 136 Å². The molecule has 240 valence electrons. The van der Waals surface area contributed by atoms with Gasteiger partial charge in [0, 0.05) is 37.3 Å². The van der Waals surface area contributed by atoms with Gasteiger partial charge in [-0.05, 0) is 48.4 Å². The molecule has 4 heteroatoms. The number of imidazole rings is 1. The van der Waals surface area contributed by atoms with Crippen LogP contribution in [0, 0.1) is 12.8 Å². The Morgan fingerprint density at radius 1 is 0.804 bits per heavy atom. The summed E-state index contributed by atoms with van der Waals surface area (Å²) in [5.41, 5.74) is 8.38. The van der Waals surface area contributed by atoms with Crippen LogP contribution in [-0.2, 0) is 26.2 Å². The molecule has 4 aromatic carbocycles. The maximum atomic E-state index is 5.53. The van der Waals surface area contributed by atoms with E-state index in [-0.39, 0.29) is 0 Å². The van der Waals surface area contributed by atoms with Gasteiger partial charge in [-0.3, -0.25) is 4.90 Å². The zero-order valence-corrected chi connectivity index (χ0v) is 28.5. The molecular formula is C42H51N3O. The number of hydrogen-bond donors (Lipinski definition) is 0. The molecule has 1 aromatic heterocycles. The van der Waals surface area contributed by atoms with Crippen LogP contribution in [0.4, 0.5) is 0 Å². The van der Waals surface area contributed by atoms with E-state index in [0.717, 1.165) is 85.3 Å². The molecule has 0 saturated heterocycles. The molecule has 4 nitrogen and oxygen atoms in total. The maximum absolute atomic E-state index is 5.53. The lowest BCUT2D eigenvalue weighted by Crippen LogP contribution is -2.24. The molecule has 0 N–H and O–H groups in total. The monoisotopic (exact) mass is 613 g/mol. The van der Waals surface area contributed by atoms with Crippen LogP contribution in [0.2, 0.25) is 0 Å². The van der Waals surface area contributed by atoms with Crippen molar-refractivity contribution in [3.05, 3.63) is 144 Å². The van der Waals surface area contributed by atoms with Crippen molar-refractivity contribution in [2.75, 3.05) is 7.11 Å². The molecule has 0 aliphatic carbocycles. The first-order valence-electron chi connectivity index (χ1n) is 16.6. The first kappa shape index (κ1) is 34.5. The molecular weight excluding hydrogens is 562 g/mol. The number of allylic oxidation sites excluding steroid dienone is 1. The van der Waals surface area contributed by atoms with Crippen LogP contribution >= 0.6 is 0 Å². The summed E-state index contributed by atoms with van der Waals surface area (Å²) in [5, 5.41) is 0. The maximum Gasteiger partial charge on any atom is 0.140 e. The molecule has 0 aliphatic heterocycles. The van der Waals surface area contributed by atoms with Crippen LogP contribution in [0.5, 0.6) is 5.75 Å². The summed E-state index contributed by atoms with van der Waals surface area (Å²) in [4.78, 5) is 7.87. The van der Waals surface area contributed by atoms with Crippen LogP contribution in [0.15, 0.2) is 122 Å². The lowest BCUT2D eigenvalue weighted by atomic mass is 10.1. The normalized spacial score (nSPS) is 10.9. The highest BCUT2D eigenvalue weighted by atomic mass is 16.5. The molecule has 5 rings (SSSR count). The Labute approximate surface area is 277 Å². The van der Waals surface area contributed by atoms with Crippen LogP contribution in [0.3, 0.4) is 0 Å². The Balaban J connectivity index is 0.000000731. The highest BCUT2D eigenvalue weighted by Crippen LogP contribution is 2.32. The highest BCUT2D eigenvalue weighted by Gasteiger charge is 2.22. The summed E-state index contributed by atoms with van der Waals surface area (Å²) in [6.07, 6.45) is 5.32. The van der Waals surface area contributed by atoms with Crippen molar-refractivity contribution in [2.24, 2.45) is 5.92 Å². The minimum atomic E-state index is 0.780. The Morgan fingerprint density at radius 3 is 1.96 bits per heavy atom. The number of aromatic nitrogens is 2. The molecule has 0 atom stereocenters. The van der Waals surface area contributed by atoms with Crippen LogP contribution in [-0.4, -0.2) is 21.6 Å². The number of rotatable bonds is 14. The zero-order chi connectivity index (χ0) is 32.7. The Kier molecular flexibility index (Phi) is 13.4. The van der Waals surface area contributed by atoms with E-state index in [4.69, 9.17) is 9.72 Å². The fourth-order valence-corrected chi connectivity index (χ4v) is 5.69. The number of hydrogen-bond acceptors (Lipinski definition) is 3. The minimum Gasteiger partial charge on any atom is -0.496 e. The van der Waals surface area contributed by atoms with Gasteiger partial charge in [-0.2, -0.15) is 0 Å². The largest absolute Gasteiger partial charge is 0.496 e. The lowest BCUT2D eigenvalue weighted by molar-refractivity contribution is 0.241.